The van der Waals surface area contributed by atoms with Crippen molar-refractivity contribution in [3.8, 4) is 0 Å². The largest absolute Gasteiger partial charge is 0.251 e. The number of hydrogen-bond acceptors (Lipinski definition) is 2. The van der Waals surface area contributed by atoms with Crippen molar-refractivity contribution < 1.29 is 12.8 Å². The Hall–Kier alpha value is -0.900. The van der Waals surface area contributed by atoms with Crippen molar-refractivity contribution in [3.05, 3.63) is 29.8 Å². The molecule has 0 saturated carbocycles. The predicted molar refractivity (Wildman–Crippen MR) is 53.8 cm³/mol. The van der Waals surface area contributed by atoms with E-state index in [4.69, 9.17) is 0 Å². The topological polar surface area (TPSA) is 34.1 Å². The molecule has 1 aromatic rings. The molecule has 14 heavy (non-hydrogen) atoms. The fraction of sp³-hybridized carbons (Fsp3) is 0.400. The van der Waals surface area contributed by atoms with Gasteiger partial charge in [0, 0.05) is 6.26 Å². The SMILES string of the molecule is CS(=O)(=O)c1ccc(CCCF)cc1. The smallest absolute Gasteiger partial charge is 0.175 e. The summed E-state index contributed by atoms with van der Waals surface area (Å²) in [6.45, 7) is -0.339. The van der Waals surface area contributed by atoms with Crippen molar-refractivity contribution in [3.63, 3.8) is 0 Å². The molecule has 1 aromatic carbocycles. The minimum Gasteiger partial charge on any atom is -0.251 e. The van der Waals surface area contributed by atoms with Gasteiger partial charge in [0.1, 0.15) is 0 Å². The van der Waals surface area contributed by atoms with E-state index in [-0.39, 0.29) is 6.67 Å². The first kappa shape index (κ1) is 11.2. The van der Waals surface area contributed by atoms with Crippen LogP contribution in [-0.2, 0) is 16.3 Å². The highest BCUT2D eigenvalue weighted by Gasteiger charge is 2.05. The molecule has 0 saturated heterocycles. The van der Waals surface area contributed by atoms with Crippen molar-refractivity contribution in [2.75, 3.05) is 12.9 Å². The highest BCUT2D eigenvalue weighted by atomic mass is 32.2. The van der Waals surface area contributed by atoms with Gasteiger partial charge in [-0.2, -0.15) is 0 Å². The number of rotatable bonds is 4. The van der Waals surface area contributed by atoms with E-state index < -0.39 is 9.84 Å². The summed E-state index contributed by atoms with van der Waals surface area (Å²) in [6, 6.07) is 6.57. The maximum Gasteiger partial charge on any atom is 0.175 e. The van der Waals surface area contributed by atoms with Gasteiger partial charge in [0.25, 0.3) is 0 Å². The molecule has 0 amide bonds. The van der Waals surface area contributed by atoms with Gasteiger partial charge >= 0.3 is 0 Å². The summed E-state index contributed by atoms with van der Waals surface area (Å²) in [5.74, 6) is 0. The molecule has 0 N–H and O–H groups in total. The van der Waals surface area contributed by atoms with Crippen LogP contribution in [0.5, 0.6) is 0 Å². The third-order valence-electron chi connectivity index (χ3n) is 1.95. The fourth-order valence-corrected chi connectivity index (χ4v) is 1.80. The molecule has 0 aliphatic carbocycles. The Kier molecular flexibility index (Phi) is 3.63. The number of sulfone groups is 1. The Morgan fingerprint density at radius 2 is 1.79 bits per heavy atom. The first-order chi connectivity index (χ1) is 6.54. The number of aryl methyl sites for hydroxylation is 1. The lowest BCUT2D eigenvalue weighted by atomic mass is 10.1. The van der Waals surface area contributed by atoms with Crippen LogP contribution < -0.4 is 0 Å². The molecule has 0 heterocycles. The van der Waals surface area contributed by atoms with E-state index in [9.17, 15) is 12.8 Å². The van der Waals surface area contributed by atoms with Crippen LogP contribution in [0, 0.1) is 0 Å². The normalized spacial score (nSPS) is 11.6. The molecular weight excluding hydrogens is 203 g/mol. The molecule has 4 heteroatoms. The molecule has 0 aliphatic heterocycles. The van der Waals surface area contributed by atoms with Crippen molar-refractivity contribution in [1.29, 1.82) is 0 Å². The van der Waals surface area contributed by atoms with Crippen LogP contribution in [0.4, 0.5) is 4.39 Å². The summed E-state index contributed by atoms with van der Waals surface area (Å²) in [6.07, 6.45) is 2.31. The van der Waals surface area contributed by atoms with Crippen molar-refractivity contribution in [1.82, 2.24) is 0 Å². The molecular formula is C10H13FO2S. The summed E-state index contributed by atoms with van der Waals surface area (Å²) in [5.41, 5.74) is 0.968. The van der Waals surface area contributed by atoms with Crippen LogP contribution in [0.15, 0.2) is 29.2 Å². The Morgan fingerprint density at radius 3 is 2.21 bits per heavy atom. The lowest BCUT2D eigenvalue weighted by Crippen LogP contribution is -1.97. The summed E-state index contributed by atoms with van der Waals surface area (Å²) in [5, 5.41) is 0. The zero-order valence-corrected chi connectivity index (χ0v) is 8.85. The van der Waals surface area contributed by atoms with E-state index in [1.807, 2.05) is 0 Å². The van der Waals surface area contributed by atoms with E-state index in [0.717, 1.165) is 5.56 Å². The number of halogens is 1. The van der Waals surface area contributed by atoms with Crippen LogP contribution in [0.2, 0.25) is 0 Å². The maximum atomic E-state index is 11.9. The Labute approximate surface area is 83.7 Å². The zero-order chi connectivity index (χ0) is 10.6. The summed E-state index contributed by atoms with van der Waals surface area (Å²) in [7, 11) is -3.11. The molecule has 0 spiro atoms. The predicted octanol–water partition coefficient (Wildman–Crippen LogP) is 1.99. The summed E-state index contributed by atoms with van der Waals surface area (Å²) in [4.78, 5) is 0.307. The quantitative estimate of drug-likeness (QED) is 0.771. The van der Waals surface area contributed by atoms with Gasteiger partial charge < -0.3 is 0 Å². The molecule has 0 atom stereocenters. The molecule has 0 radical (unpaired) electrons. The van der Waals surface area contributed by atoms with Crippen LogP contribution >= 0.6 is 0 Å². The first-order valence-corrected chi connectivity index (χ1v) is 6.28. The van der Waals surface area contributed by atoms with Crippen molar-refractivity contribution in [2.45, 2.75) is 17.7 Å². The van der Waals surface area contributed by atoms with Gasteiger partial charge in [-0.3, -0.25) is 4.39 Å². The van der Waals surface area contributed by atoms with E-state index in [1.54, 1.807) is 24.3 Å². The van der Waals surface area contributed by atoms with Crippen LogP contribution in [0.1, 0.15) is 12.0 Å². The molecule has 0 aromatic heterocycles. The Balaban J connectivity index is 2.79. The fourth-order valence-electron chi connectivity index (χ4n) is 1.17. The minimum atomic E-state index is -3.11. The molecule has 0 fully saturated rings. The number of alkyl halides is 1. The molecule has 1 rings (SSSR count). The van der Waals surface area contributed by atoms with Gasteiger partial charge in [0.2, 0.25) is 0 Å². The van der Waals surface area contributed by atoms with Crippen molar-refractivity contribution in [2.24, 2.45) is 0 Å². The lowest BCUT2D eigenvalue weighted by Gasteiger charge is -2.01. The second kappa shape index (κ2) is 4.55. The molecule has 78 valence electrons. The minimum absolute atomic E-state index is 0.307. The molecule has 0 aliphatic rings. The first-order valence-electron chi connectivity index (χ1n) is 4.39. The van der Waals surface area contributed by atoms with Crippen LogP contribution in [0.3, 0.4) is 0 Å². The average Bonchev–Trinajstić information content (AvgIpc) is 2.14. The highest BCUT2D eigenvalue weighted by Crippen LogP contribution is 2.11. The Morgan fingerprint density at radius 1 is 1.21 bits per heavy atom. The van der Waals surface area contributed by atoms with E-state index >= 15 is 0 Å². The van der Waals surface area contributed by atoms with E-state index in [1.165, 1.54) is 6.26 Å². The third kappa shape index (κ3) is 3.10. The number of hydrogen-bond donors (Lipinski definition) is 0. The van der Waals surface area contributed by atoms with E-state index in [0.29, 0.717) is 17.7 Å². The summed E-state index contributed by atoms with van der Waals surface area (Å²) < 4.78 is 34.0. The lowest BCUT2D eigenvalue weighted by molar-refractivity contribution is 0.473. The van der Waals surface area contributed by atoms with Gasteiger partial charge in [-0.1, -0.05) is 12.1 Å². The average molecular weight is 216 g/mol. The molecule has 2 nitrogen and oxygen atoms in total. The second-order valence-electron chi connectivity index (χ2n) is 3.21. The molecule has 0 unspecified atom stereocenters. The van der Waals surface area contributed by atoms with Gasteiger partial charge in [-0.25, -0.2) is 8.42 Å². The monoisotopic (exact) mass is 216 g/mol. The Bertz CT molecular complexity index is 381. The standard InChI is InChI=1S/C10H13FO2S/c1-14(12,13)10-6-4-9(5-7-10)3-2-8-11/h4-7H,2-3,8H2,1H3. The summed E-state index contributed by atoms with van der Waals surface area (Å²) >= 11 is 0. The van der Waals surface area contributed by atoms with Crippen LogP contribution in [-0.4, -0.2) is 21.3 Å². The number of benzene rings is 1. The molecule has 0 bridgehead atoms. The second-order valence-corrected chi connectivity index (χ2v) is 5.22. The van der Waals surface area contributed by atoms with Crippen molar-refractivity contribution >= 4 is 9.84 Å². The maximum absolute atomic E-state index is 11.9. The van der Waals surface area contributed by atoms with Crippen LogP contribution in [0.25, 0.3) is 0 Å². The van der Waals surface area contributed by atoms with E-state index in [2.05, 4.69) is 0 Å². The van der Waals surface area contributed by atoms with Gasteiger partial charge in [-0.05, 0) is 30.5 Å². The zero-order valence-electron chi connectivity index (χ0n) is 8.03. The van der Waals surface area contributed by atoms with Gasteiger partial charge in [0.05, 0.1) is 11.6 Å². The third-order valence-corrected chi connectivity index (χ3v) is 3.08. The van der Waals surface area contributed by atoms with Gasteiger partial charge in [-0.15, -0.1) is 0 Å². The highest BCUT2D eigenvalue weighted by molar-refractivity contribution is 7.90. The van der Waals surface area contributed by atoms with Gasteiger partial charge in [0.15, 0.2) is 9.84 Å².